The third-order valence-electron chi connectivity index (χ3n) is 4.64. The molecule has 6 heteroatoms. The highest BCUT2D eigenvalue weighted by Crippen LogP contribution is 2.38. The summed E-state index contributed by atoms with van der Waals surface area (Å²) in [5.41, 5.74) is -0.726. The van der Waals surface area contributed by atoms with Gasteiger partial charge in [-0.1, -0.05) is 30.8 Å². The molecule has 0 bridgehead atoms. The summed E-state index contributed by atoms with van der Waals surface area (Å²) in [5.74, 6) is 1.72. The molecule has 6 nitrogen and oxygen atoms in total. The van der Waals surface area contributed by atoms with Crippen LogP contribution < -0.4 is 5.32 Å². The van der Waals surface area contributed by atoms with Crippen LogP contribution >= 0.6 is 0 Å². The summed E-state index contributed by atoms with van der Waals surface area (Å²) in [4.78, 5) is 16.2. The van der Waals surface area contributed by atoms with E-state index in [0.717, 1.165) is 44.3 Å². The number of aromatic nitrogens is 2. The highest BCUT2D eigenvalue weighted by Gasteiger charge is 2.29. The fraction of sp³-hybridized carbons (Fsp3) is 0.812. The molecular weight excluding hydrogens is 282 g/mol. The first-order chi connectivity index (χ1) is 10.6. The monoisotopic (exact) mass is 307 g/mol. The van der Waals surface area contributed by atoms with Crippen LogP contribution in [0.15, 0.2) is 4.52 Å². The van der Waals surface area contributed by atoms with Crippen LogP contribution in [0.4, 0.5) is 0 Å². The van der Waals surface area contributed by atoms with E-state index >= 15 is 0 Å². The Balaban J connectivity index is 1.39. The van der Waals surface area contributed by atoms with Gasteiger partial charge in [0.25, 0.3) is 0 Å². The number of hydrogen-bond donors (Lipinski definition) is 2. The number of nitrogens with one attached hydrogen (secondary N) is 1. The van der Waals surface area contributed by atoms with E-state index in [-0.39, 0.29) is 5.91 Å². The predicted molar refractivity (Wildman–Crippen MR) is 80.3 cm³/mol. The molecule has 2 aliphatic carbocycles. The number of hydrogen-bond acceptors (Lipinski definition) is 5. The van der Waals surface area contributed by atoms with E-state index in [1.54, 1.807) is 0 Å². The minimum Gasteiger partial charge on any atom is -0.388 e. The van der Waals surface area contributed by atoms with Crippen LogP contribution in [-0.2, 0) is 11.2 Å². The van der Waals surface area contributed by atoms with Crippen LogP contribution in [0.25, 0.3) is 0 Å². The Morgan fingerprint density at radius 1 is 1.27 bits per heavy atom. The Morgan fingerprint density at radius 3 is 2.68 bits per heavy atom. The molecule has 0 aromatic carbocycles. The van der Waals surface area contributed by atoms with Crippen LogP contribution in [0.2, 0.25) is 0 Å². The highest BCUT2D eigenvalue weighted by molar-refractivity contribution is 5.76. The van der Waals surface area contributed by atoms with Gasteiger partial charge in [-0.3, -0.25) is 4.79 Å². The van der Waals surface area contributed by atoms with Crippen molar-refractivity contribution in [2.24, 2.45) is 0 Å². The van der Waals surface area contributed by atoms with Crippen molar-refractivity contribution in [3.63, 3.8) is 0 Å². The van der Waals surface area contributed by atoms with Crippen molar-refractivity contribution in [3.05, 3.63) is 11.7 Å². The summed E-state index contributed by atoms with van der Waals surface area (Å²) >= 11 is 0. The lowest BCUT2D eigenvalue weighted by Gasteiger charge is -2.26. The van der Waals surface area contributed by atoms with Gasteiger partial charge in [0.1, 0.15) is 0 Å². The Hall–Kier alpha value is -1.43. The lowest BCUT2D eigenvalue weighted by Crippen LogP contribution is -2.42. The fourth-order valence-corrected chi connectivity index (χ4v) is 3.01. The highest BCUT2D eigenvalue weighted by atomic mass is 16.5. The molecule has 2 fully saturated rings. The van der Waals surface area contributed by atoms with Gasteiger partial charge in [0.2, 0.25) is 11.8 Å². The zero-order chi connectivity index (χ0) is 15.4. The first-order valence-corrected chi connectivity index (χ1v) is 8.46. The molecule has 0 atom stereocenters. The largest absolute Gasteiger partial charge is 0.388 e. The summed E-state index contributed by atoms with van der Waals surface area (Å²) in [6.45, 7) is 0.350. The Morgan fingerprint density at radius 2 is 2.00 bits per heavy atom. The van der Waals surface area contributed by atoms with Crippen LogP contribution in [-0.4, -0.2) is 33.3 Å². The molecule has 1 amide bonds. The van der Waals surface area contributed by atoms with Crippen molar-refractivity contribution in [3.8, 4) is 0 Å². The minimum absolute atomic E-state index is 0.0659. The average molecular weight is 307 g/mol. The van der Waals surface area contributed by atoms with Gasteiger partial charge in [0.15, 0.2) is 5.82 Å². The molecule has 0 aliphatic heterocycles. The normalized spacial score (nSPS) is 21.3. The second-order valence-electron chi connectivity index (χ2n) is 6.74. The maximum absolute atomic E-state index is 11.9. The summed E-state index contributed by atoms with van der Waals surface area (Å²) in [7, 11) is 0. The van der Waals surface area contributed by atoms with Gasteiger partial charge in [0.05, 0.1) is 5.60 Å². The average Bonchev–Trinajstić information content (AvgIpc) is 3.29. The predicted octanol–water partition coefficient (Wildman–Crippen LogP) is 2.08. The second-order valence-corrected chi connectivity index (χ2v) is 6.74. The maximum Gasteiger partial charge on any atom is 0.227 e. The van der Waals surface area contributed by atoms with Crippen LogP contribution in [0, 0.1) is 0 Å². The van der Waals surface area contributed by atoms with Crippen LogP contribution in [0.3, 0.4) is 0 Å². The topological polar surface area (TPSA) is 88.2 Å². The molecule has 1 heterocycles. The number of amides is 1. The quantitative estimate of drug-likeness (QED) is 0.786. The molecule has 1 aromatic heterocycles. The zero-order valence-electron chi connectivity index (χ0n) is 13.0. The molecule has 0 saturated heterocycles. The first kappa shape index (κ1) is 15.5. The molecule has 0 radical (unpaired) electrons. The van der Waals surface area contributed by atoms with Crippen molar-refractivity contribution in [2.75, 3.05) is 6.54 Å². The van der Waals surface area contributed by atoms with E-state index in [2.05, 4.69) is 15.5 Å². The van der Waals surface area contributed by atoms with Crippen molar-refractivity contribution in [2.45, 2.75) is 75.7 Å². The number of nitrogens with zero attached hydrogens (tertiary/aromatic N) is 2. The van der Waals surface area contributed by atoms with Gasteiger partial charge >= 0.3 is 0 Å². The molecule has 2 saturated carbocycles. The standard InChI is InChI=1S/C16H25N3O3/c20-13(17-11-16(21)9-3-1-2-4-10-16)7-8-14-18-15(19-22-14)12-5-6-12/h12,21H,1-11H2,(H,17,20). The maximum atomic E-state index is 11.9. The van der Waals surface area contributed by atoms with Crippen molar-refractivity contribution in [1.82, 2.24) is 15.5 Å². The van der Waals surface area contributed by atoms with Gasteiger partial charge in [-0.2, -0.15) is 4.98 Å². The van der Waals surface area contributed by atoms with E-state index in [4.69, 9.17) is 4.52 Å². The Bertz CT molecular complexity index is 502. The SMILES string of the molecule is O=C(CCc1nc(C2CC2)no1)NCC1(O)CCCCCC1. The van der Waals surface area contributed by atoms with Crippen molar-refractivity contribution < 1.29 is 14.4 Å². The molecule has 1 aromatic rings. The Kier molecular flexibility index (Phi) is 4.76. The van der Waals surface area contributed by atoms with E-state index in [1.807, 2.05) is 0 Å². The molecule has 2 N–H and O–H groups in total. The molecule has 0 spiro atoms. The number of carbonyl (C=O) groups excluding carboxylic acids is 1. The molecule has 3 rings (SSSR count). The summed E-state index contributed by atoms with van der Waals surface area (Å²) in [6.07, 6.45) is 9.05. The third-order valence-corrected chi connectivity index (χ3v) is 4.64. The fourth-order valence-electron chi connectivity index (χ4n) is 3.01. The van der Waals surface area contributed by atoms with Crippen molar-refractivity contribution in [1.29, 1.82) is 0 Å². The van der Waals surface area contributed by atoms with E-state index in [9.17, 15) is 9.90 Å². The number of aliphatic hydroxyl groups is 1. The molecule has 122 valence electrons. The summed E-state index contributed by atoms with van der Waals surface area (Å²) in [5, 5.41) is 17.3. The van der Waals surface area contributed by atoms with Gasteiger partial charge in [-0.05, 0) is 25.7 Å². The molecule has 22 heavy (non-hydrogen) atoms. The number of rotatable bonds is 6. The summed E-state index contributed by atoms with van der Waals surface area (Å²) < 4.78 is 5.16. The molecular formula is C16H25N3O3. The smallest absolute Gasteiger partial charge is 0.227 e. The van der Waals surface area contributed by atoms with Gasteiger partial charge < -0.3 is 14.9 Å². The molecule has 0 unspecified atom stereocenters. The van der Waals surface area contributed by atoms with E-state index < -0.39 is 5.60 Å². The van der Waals surface area contributed by atoms with Crippen LogP contribution in [0.5, 0.6) is 0 Å². The first-order valence-electron chi connectivity index (χ1n) is 8.46. The number of carbonyl (C=O) groups is 1. The number of aryl methyl sites for hydroxylation is 1. The minimum atomic E-state index is -0.726. The third kappa shape index (κ3) is 4.29. The van der Waals surface area contributed by atoms with Gasteiger partial charge in [-0.15, -0.1) is 0 Å². The van der Waals surface area contributed by atoms with E-state index in [1.165, 1.54) is 12.8 Å². The lowest BCUT2D eigenvalue weighted by molar-refractivity contribution is -0.122. The Labute approximate surface area is 130 Å². The summed E-state index contributed by atoms with van der Waals surface area (Å²) in [6, 6.07) is 0. The van der Waals surface area contributed by atoms with Gasteiger partial charge in [-0.25, -0.2) is 0 Å². The van der Waals surface area contributed by atoms with Crippen LogP contribution in [0.1, 0.15) is 75.4 Å². The van der Waals surface area contributed by atoms with Gasteiger partial charge in [0, 0.05) is 25.3 Å². The lowest BCUT2D eigenvalue weighted by atomic mass is 9.94. The second kappa shape index (κ2) is 6.77. The van der Waals surface area contributed by atoms with Crippen molar-refractivity contribution >= 4 is 5.91 Å². The zero-order valence-corrected chi connectivity index (χ0v) is 13.0. The molecule has 2 aliphatic rings. The van der Waals surface area contributed by atoms with E-state index in [0.29, 0.717) is 31.2 Å².